The molecule has 0 saturated carbocycles. The third-order valence-corrected chi connectivity index (χ3v) is 0.630. The van der Waals surface area contributed by atoms with E-state index in [2.05, 4.69) is 28.3 Å². The fraction of sp³-hybridized carbons (Fsp3) is 0.250. The summed E-state index contributed by atoms with van der Waals surface area (Å²) >= 11 is 0. The van der Waals surface area contributed by atoms with Gasteiger partial charge in [0.25, 0.3) is 0 Å². The van der Waals surface area contributed by atoms with E-state index in [4.69, 9.17) is 5.11 Å². The van der Waals surface area contributed by atoms with E-state index in [-0.39, 0.29) is 12.1 Å². The summed E-state index contributed by atoms with van der Waals surface area (Å²) < 4.78 is 0. The van der Waals surface area contributed by atoms with E-state index < -0.39 is 5.97 Å². The Bertz CT molecular complexity index is 165. The SMILES string of the molecule is C=C(CC(=O)O)N/N=N\N. The lowest BCUT2D eigenvalue weighted by atomic mass is 10.4. The summed E-state index contributed by atoms with van der Waals surface area (Å²) in [6, 6.07) is 0. The van der Waals surface area contributed by atoms with E-state index in [9.17, 15) is 4.79 Å². The van der Waals surface area contributed by atoms with E-state index in [0.717, 1.165) is 0 Å². The van der Waals surface area contributed by atoms with Crippen molar-refractivity contribution in [1.29, 1.82) is 0 Å². The topological polar surface area (TPSA) is 100 Å². The first-order chi connectivity index (χ1) is 4.66. The average Bonchev–Trinajstić information content (AvgIpc) is 1.82. The minimum Gasteiger partial charge on any atom is -0.481 e. The van der Waals surface area contributed by atoms with Crippen LogP contribution in [0, 0.1) is 0 Å². The van der Waals surface area contributed by atoms with Crippen LogP contribution in [0.2, 0.25) is 0 Å². The molecular weight excluding hydrogens is 136 g/mol. The quantitative estimate of drug-likeness (QED) is 0.289. The van der Waals surface area contributed by atoms with Crippen molar-refractivity contribution in [2.75, 3.05) is 0 Å². The zero-order valence-corrected chi connectivity index (χ0v) is 5.24. The number of rotatable bonds is 4. The zero-order chi connectivity index (χ0) is 7.98. The second kappa shape index (κ2) is 4.30. The van der Waals surface area contributed by atoms with Gasteiger partial charge in [0.1, 0.15) is 0 Å². The van der Waals surface area contributed by atoms with Crippen molar-refractivity contribution < 1.29 is 9.90 Å². The lowest BCUT2D eigenvalue weighted by Crippen LogP contribution is -2.08. The summed E-state index contributed by atoms with van der Waals surface area (Å²) in [7, 11) is 0. The fourth-order valence-corrected chi connectivity index (χ4v) is 0.322. The van der Waals surface area contributed by atoms with Gasteiger partial charge in [0.15, 0.2) is 0 Å². The first-order valence-electron chi connectivity index (χ1n) is 2.42. The van der Waals surface area contributed by atoms with Gasteiger partial charge < -0.3 is 10.9 Å². The highest BCUT2D eigenvalue weighted by atomic mass is 16.4. The molecule has 0 heterocycles. The van der Waals surface area contributed by atoms with Crippen LogP contribution in [0.1, 0.15) is 6.42 Å². The average molecular weight is 144 g/mol. The van der Waals surface area contributed by atoms with E-state index in [1.807, 2.05) is 0 Å². The molecule has 0 unspecified atom stereocenters. The summed E-state index contributed by atoms with van der Waals surface area (Å²) in [5.74, 6) is 3.63. The van der Waals surface area contributed by atoms with Crippen LogP contribution in [0.15, 0.2) is 22.7 Å². The van der Waals surface area contributed by atoms with Crippen LogP contribution in [0.5, 0.6) is 0 Å². The second-order valence-electron chi connectivity index (χ2n) is 1.50. The number of nitrogens with two attached hydrogens (primary N) is 1. The zero-order valence-electron chi connectivity index (χ0n) is 5.24. The molecule has 0 aromatic carbocycles. The fourth-order valence-electron chi connectivity index (χ4n) is 0.322. The molecular formula is C4H8N4O2. The van der Waals surface area contributed by atoms with E-state index in [1.54, 1.807) is 0 Å². The van der Waals surface area contributed by atoms with Crippen molar-refractivity contribution >= 4 is 5.97 Å². The van der Waals surface area contributed by atoms with Crippen LogP contribution in [-0.4, -0.2) is 11.1 Å². The summed E-state index contributed by atoms with van der Waals surface area (Å²) in [5.41, 5.74) is 2.46. The standard InChI is InChI=1S/C4H8N4O2/c1-3(2-4(9)10)6-8-7-5/h1-2H2,(H2,5,8)(H,6,7)(H,9,10). The molecule has 0 amide bonds. The molecule has 4 N–H and O–H groups in total. The molecule has 0 aliphatic carbocycles. The van der Waals surface area contributed by atoms with Crippen molar-refractivity contribution in [2.45, 2.75) is 6.42 Å². The molecule has 0 radical (unpaired) electrons. The molecule has 0 aromatic rings. The van der Waals surface area contributed by atoms with E-state index in [1.165, 1.54) is 0 Å². The Morgan fingerprint density at radius 3 is 2.80 bits per heavy atom. The summed E-state index contributed by atoms with van der Waals surface area (Å²) in [6.45, 7) is 3.33. The van der Waals surface area contributed by atoms with Crippen LogP contribution >= 0.6 is 0 Å². The van der Waals surface area contributed by atoms with Crippen LogP contribution in [0.25, 0.3) is 0 Å². The molecule has 0 atom stereocenters. The maximum Gasteiger partial charge on any atom is 0.309 e. The Labute approximate surface area is 57.4 Å². The molecule has 6 heteroatoms. The van der Waals surface area contributed by atoms with Crippen LogP contribution < -0.4 is 11.3 Å². The number of hydrogen-bond donors (Lipinski definition) is 3. The highest BCUT2D eigenvalue weighted by Gasteiger charge is 1.98. The van der Waals surface area contributed by atoms with Crippen LogP contribution in [0.3, 0.4) is 0 Å². The second-order valence-corrected chi connectivity index (χ2v) is 1.50. The third-order valence-electron chi connectivity index (χ3n) is 0.630. The lowest BCUT2D eigenvalue weighted by Gasteiger charge is -1.96. The highest BCUT2D eigenvalue weighted by molar-refractivity contribution is 5.69. The van der Waals surface area contributed by atoms with E-state index >= 15 is 0 Å². The molecule has 0 aromatic heterocycles. The number of nitrogens with zero attached hydrogens (tertiary/aromatic N) is 2. The monoisotopic (exact) mass is 144 g/mol. The first kappa shape index (κ1) is 8.41. The van der Waals surface area contributed by atoms with Gasteiger partial charge in [-0.15, -0.1) is 0 Å². The number of carbonyl (C=O) groups is 1. The maximum atomic E-state index is 9.97. The number of carboxylic acid groups (broad SMARTS) is 1. The molecule has 10 heavy (non-hydrogen) atoms. The number of carboxylic acids is 1. The molecule has 0 aliphatic rings. The van der Waals surface area contributed by atoms with E-state index in [0.29, 0.717) is 0 Å². The number of aliphatic carboxylic acids is 1. The Morgan fingerprint density at radius 1 is 1.80 bits per heavy atom. The van der Waals surface area contributed by atoms with Gasteiger partial charge in [-0.05, 0) is 0 Å². The van der Waals surface area contributed by atoms with Crippen molar-refractivity contribution in [3.8, 4) is 0 Å². The van der Waals surface area contributed by atoms with Gasteiger partial charge in [-0.1, -0.05) is 17.0 Å². The molecule has 0 aliphatic heterocycles. The Kier molecular flexibility index (Phi) is 3.62. The van der Waals surface area contributed by atoms with Crippen molar-refractivity contribution in [2.24, 2.45) is 16.3 Å². The minimum absolute atomic E-state index is 0.195. The molecule has 0 saturated heterocycles. The third kappa shape index (κ3) is 4.57. The molecule has 0 spiro atoms. The number of hydrogen-bond acceptors (Lipinski definition) is 3. The summed E-state index contributed by atoms with van der Waals surface area (Å²) in [4.78, 5) is 9.97. The highest BCUT2D eigenvalue weighted by Crippen LogP contribution is 1.91. The summed E-state index contributed by atoms with van der Waals surface area (Å²) in [5, 5.41) is 14.1. The van der Waals surface area contributed by atoms with Gasteiger partial charge in [-0.25, -0.2) is 0 Å². The minimum atomic E-state index is -0.982. The van der Waals surface area contributed by atoms with Gasteiger partial charge >= 0.3 is 5.97 Å². The van der Waals surface area contributed by atoms with Gasteiger partial charge in [0.05, 0.1) is 6.42 Å². The van der Waals surface area contributed by atoms with Gasteiger partial charge in [-0.3, -0.25) is 10.2 Å². The Balaban J connectivity index is 3.54. The smallest absolute Gasteiger partial charge is 0.309 e. The predicted molar refractivity (Wildman–Crippen MR) is 33.6 cm³/mol. The molecule has 6 nitrogen and oxygen atoms in total. The maximum absolute atomic E-state index is 9.97. The van der Waals surface area contributed by atoms with Gasteiger partial charge in [0, 0.05) is 5.70 Å². The van der Waals surface area contributed by atoms with Gasteiger partial charge in [0.2, 0.25) is 0 Å². The van der Waals surface area contributed by atoms with Crippen molar-refractivity contribution in [3.63, 3.8) is 0 Å². The normalized spacial score (nSPS) is 9.60. The van der Waals surface area contributed by atoms with Crippen LogP contribution in [-0.2, 0) is 4.79 Å². The molecule has 0 fully saturated rings. The Morgan fingerprint density at radius 2 is 2.40 bits per heavy atom. The van der Waals surface area contributed by atoms with Gasteiger partial charge in [-0.2, -0.15) is 0 Å². The predicted octanol–water partition coefficient (Wildman–Crippen LogP) is -0.195. The molecule has 0 rings (SSSR count). The molecule has 0 bridgehead atoms. The Hall–Kier alpha value is -1.59. The van der Waals surface area contributed by atoms with Crippen molar-refractivity contribution in [3.05, 3.63) is 12.3 Å². The molecule has 56 valence electrons. The summed E-state index contributed by atoms with van der Waals surface area (Å²) in [6.07, 6.45) is -0.195. The number of nitrogens with one attached hydrogen (secondary N) is 1. The largest absolute Gasteiger partial charge is 0.481 e. The lowest BCUT2D eigenvalue weighted by molar-refractivity contribution is -0.136. The van der Waals surface area contributed by atoms with Crippen LogP contribution in [0.4, 0.5) is 0 Å². The van der Waals surface area contributed by atoms with Crippen molar-refractivity contribution in [1.82, 2.24) is 5.43 Å². The first-order valence-corrected chi connectivity index (χ1v) is 2.42.